The Morgan fingerprint density at radius 3 is 2.76 bits per heavy atom. The van der Waals surface area contributed by atoms with Crippen LogP contribution in [0.25, 0.3) is 0 Å². The van der Waals surface area contributed by atoms with Crippen molar-refractivity contribution in [3.05, 3.63) is 21.0 Å². The van der Waals surface area contributed by atoms with Gasteiger partial charge in [0.15, 0.2) is 4.67 Å². The average molecular weight is 363 g/mol. The maximum absolute atomic E-state index is 5.55. The molecule has 3 atom stereocenters. The van der Waals surface area contributed by atoms with Crippen molar-refractivity contribution in [3.8, 4) is 0 Å². The maximum Gasteiger partial charge on any atom is 0.183 e. The van der Waals surface area contributed by atoms with Crippen LogP contribution in [0.4, 0.5) is 0 Å². The zero-order valence-corrected chi connectivity index (χ0v) is 12.9. The highest BCUT2D eigenvalue weighted by atomic mass is 79.9. The predicted molar refractivity (Wildman–Crippen MR) is 74.8 cm³/mol. The molecule has 0 spiro atoms. The first-order valence-corrected chi connectivity index (χ1v) is 7.95. The molecule has 2 bridgehead atoms. The van der Waals surface area contributed by atoms with Crippen molar-refractivity contribution in [2.24, 2.45) is 17.8 Å². The Morgan fingerprint density at radius 2 is 2.18 bits per heavy atom. The molecule has 0 radical (unpaired) electrons. The number of rotatable bonds is 4. The van der Waals surface area contributed by atoms with E-state index < -0.39 is 0 Å². The molecule has 94 valence electrons. The van der Waals surface area contributed by atoms with E-state index in [0.717, 1.165) is 45.7 Å². The van der Waals surface area contributed by atoms with Crippen LogP contribution in [0.5, 0.6) is 0 Å². The Morgan fingerprint density at radius 1 is 1.29 bits per heavy atom. The highest BCUT2D eigenvalue weighted by Crippen LogP contribution is 2.47. The van der Waals surface area contributed by atoms with Gasteiger partial charge in [-0.05, 0) is 81.5 Å². The Labute approximate surface area is 119 Å². The molecule has 2 aliphatic carbocycles. The normalized spacial score (nSPS) is 31.3. The minimum Gasteiger partial charge on any atom is -0.452 e. The third-order valence-electron chi connectivity index (χ3n) is 4.29. The predicted octanol–water partition coefficient (Wildman–Crippen LogP) is 4.33. The summed E-state index contributed by atoms with van der Waals surface area (Å²) in [5, 5.41) is 3.53. The molecule has 0 aliphatic heterocycles. The third-order valence-corrected chi connectivity index (χ3v) is 6.00. The van der Waals surface area contributed by atoms with Gasteiger partial charge in [0, 0.05) is 0 Å². The van der Waals surface area contributed by atoms with Crippen molar-refractivity contribution in [1.29, 1.82) is 0 Å². The monoisotopic (exact) mass is 361 g/mol. The minimum atomic E-state index is 0.786. The van der Waals surface area contributed by atoms with Gasteiger partial charge in [0.05, 0.1) is 11.0 Å². The van der Waals surface area contributed by atoms with Crippen LogP contribution in [0.15, 0.2) is 19.6 Å². The second-order valence-corrected chi connectivity index (χ2v) is 6.97. The van der Waals surface area contributed by atoms with Gasteiger partial charge in [-0.25, -0.2) is 0 Å². The van der Waals surface area contributed by atoms with Gasteiger partial charge < -0.3 is 9.73 Å². The summed E-state index contributed by atoms with van der Waals surface area (Å²) in [5.41, 5.74) is 0. The van der Waals surface area contributed by atoms with Crippen molar-refractivity contribution in [1.82, 2.24) is 5.32 Å². The molecule has 0 saturated heterocycles. The molecular formula is C13H17Br2NO. The Hall–Kier alpha value is 0.200. The summed E-state index contributed by atoms with van der Waals surface area (Å²) < 4.78 is 7.33. The van der Waals surface area contributed by atoms with Crippen molar-refractivity contribution < 1.29 is 4.42 Å². The summed E-state index contributed by atoms with van der Waals surface area (Å²) in [7, 11) is 0. The van der Waals surface area contributed by atoms with Crippen LogP contribution in [-0.4, -0.2) is 6.54 Å². The van der Waals surface area contributed by atoms with Gasteiger partial charge in [0.25, 0.3) is 0 Å². The molecule has 2 nitrogen and oxygen atoms in total. The molecule has 1 aromatic heterocycles. The molecule has 17 heavy (non-hydrogen) atoms. The van der Waals surface area contributed by atoms with Gasteiger partial charge in [-0.15, -0.1) is 0 Å². The summed E-state index contributed by atoms with van der Waals surface area (Å²) in [6, 6.07) is 2.03. The van der Waals surface area contributed by atoms with Crippen molar-refractivity contribution in [2.45, 2.75) is 32.2 Å². The van der Waals surface area contributed by atoms with Crippen LogP contribution in [0.1, 0.15) is 31.4 Å². The zero-order chi connectivity index (χ0) is 11.8. The first-order valence-electron chi connectivity index (χ1n) is 6.37. The molecule has 2 aliphatic rings. The molecule has 2 fully saturated rings. The minimum absolute atomic E-state index is 0.786. The van der Waals surface area contributed by atoms with Crippen LogP contribution in [0, 0.1) is 17.8 Å². The van der Waals surface area contributed by atoms with Crippen molar-refractivity contribution >= 4 is 31.9 Å². The molecule has 2 saturated carbocycles. The van der Waals surface area contributed by atoms with Crippen LogP contribution in [-0.2, 0) is 6.54 Å². The van der Waals surface area contributed by atoms with E-state index >= 15 is 0 Å². The van der Waals surface area contributed by atoms with Gasteiger partial charge in [-0.3, -0.25) is 0 Å². The van der Waals surface area contributed by atoms with Gasteiger partial charge in [-0.2, -0.15) is 0 Å². The number of furan rings is 1. The zero-order valence-electron chi connectivity index (χ0n) is 9.72. The lowest BCUT2D eigenvalue weighted by Crippen LogP contribution is -2.26. The maximum atomic E-state index is 5.55. The lowest BCUT2D eigenvalue weighted by molar-refractivity contribution is 0.314. The Balaban J connectivity index is 1.46. The summed E-state index contributed by atoms with van der Waals surface area (Å²) >= 11 is 6.79. The summed E-state index contributed by atoms with van der Waals surface area (Å²) in [4.78, 5) is 0. The number of nitrogens with one attached hydrogen (secondary N) is 1. The SMILES string of the molecule is Brc1cc(CNCC2CC3CCC2C3)oc1Br. The van der Waals surface area contributed by atoms with Gasteiger partial charge in [0.1, 0.15) is 5.76 Å². The van der Waals surface area contributed by atoms with Gasteiger partial charge in [-0.1, -0.05) is 6.42 Å². The van der Waals surface area contributed by atoms with Crippen LogP contribution < -0.4 is 5.32 Å². The molecule has 3 unspecified atom stereocenters. The molecule has 1 aromatic rings. The summed E-state index contributed by atoms with van der Waals surface area (Å²) in [6.45, 7) is 1.98. The summed E-state index contributed by atoms with van der Waals surface area (Å²) in [5.74, 6) is 3.95. The first kappa shape index (κ1) is 12.2. The van der Waals surface area contributed by atoms with E-state index in [2.05, 4.69) is 37.2 Å². The highest BCUT2D eigenvalue weighted by molar-refractivity contribution is 9.13. The van der Waals surface area contributed by atoms with E-state index in [9.17, 15) is 0 Å². The standard InChI is InChI=1S/C13H17Br2NO/c14-12-5-11(17-13(12)15)7-16-6-10-4-8-1-2-9(10)3-8/h5,8-10,16H,1-4,6-7H2. The number of halogens is 2. The Kier molecular flexibility index (Phi) is 3.64. The molecule has 0 amide bonds. The largest absolute Gasteiger partial charge is 0.452 e. The lowest BCUT2D eigenvalue weighted by Gasteiger charge is -2.21. The fourth-order valence-corrected chi connectivity index (χ4v) is 4.14. The van der Waals surface area contributed by atoms with Crippen molar-refractivity contribution in [3.63, 3.8) is 0 Å². The quantitative estimate of drug-likeness (QED) is 0.862. The van der Waals surface area contributed by atoms with Crippen LogP contribution >= 0.6 is 31.9 Å². The van der Waals surface area contributed by atoms with E-state index in [-0.39, 0.29) is 0 Å². The molecule has 1 N–H and O–H groups in total. The van der Waals surface area contributed by atoms with Crippen LogP contribution in [0.3, 0.4) is 0 Å². The molecule has 0 aromatic carbocycles. The van der Waals surface area contributed by atoms with E-state index in [0.29, 0.717) is 0 Å². The molecular weight excluding hydrogens is 346 g/mol. The van der Waals surface area contributed by atoms with E-state index in [1.165, 1.54) is 25.7 Å². The van der Waals surface area contributed by atoms with E-state index in [4.69, 9.17) is 4.42 Å². The first-order chi connectivity index (χ1) is 8.22. The highest BCUT2D eigenvalue weighted by Gasteiger charge is 2.38. The number of hydrogen-bond donors (Lipinski definition) is 1. The smallest absolute Gasteiger partial charge is 0.183 e. The molecule has 3 rings (SSSR count). The van der Waals surface area contributed by atoms with Crippen molar-refractivity contribution in [2.75, 3.05) is 6.54 Å². The Bertz CT molecular complexity index is 385. The van der Waals surface area contributed by atoms with E-state index in [1.807, 2.05) is 6.07 Å². The molecule has 1 heterocycles. The van der Waals surface area contributed by atoms with Crippen LogP contribution in [0.2, 0.25) is 0 Å². The van der Waals surface area contributed by atoms with E-state index in [1.54, 1.807) is 0 Å². The van der Waals surface area contributed by atoms with Gasteiger partial charge in [0.2, 0.25) is 0 Å². The topological polar surface area (TPSA) is 25.2 Å². The number of fused-ring (bicyclic) bond motifs is 2. The fourth-order valence-electron chi connectivity index (χ4n) is 3.49. The lowest BCUT2D eigenvalue weighted by atomic mass is 9.89. The second-order valence-electron chi connectivity index (χ2n) is 5.40. The summed E-state index contributed by atoms with van der Waals surface area (Å²) in [6.07, 6.45) is 5.89. The molecule has 4 heteroatoms. The fraction of sp³-hybridized carbons (Fsp3) is 0.692. The van der Waals surface area contributed by atoms with Gasteiger partial charge >= 0.3 is 0 Å². The second kappa shape index (κ2) is 5.06. The third kappa shape index (κ3) is 2.64. The average Bonchev–Trinajstić information content (AvgIpc) is 2.96. The number of hydrogen-bond acceptors (Lipinski definition) is 2.